The number of hydrogen-bond donors (Lipinski definition) is 1. The van der Waals surface area contributed by atoms with Crippen molar-refractivity contribution < 1.29 is 4.39 Å². The van der Waals surface area contributed by atoms with Gasteiger partial charge in [-0.3, -0.25) is 5.43 Å². The Morgan fingerprint density at radius 2 is 2.00 bits per heavy atom. The molecule has 1 heterocycles. The molecule has 0 amide bonds. The molecule has 0 radical (unpaired) electrons. The predicted molar refractivity (Wildman–Crippen MR) is 103 cm³/mol. The highest BCUT2D eigenvalue weighted by Crippen LogP contribution is 2.12. The smallest absolute Gasteiger partial charge is 0.157 e. The summed E-state index contributed by atoms with van der Waals surface area (Å²) < 4.78 is 15.4. The van der Waals surface area contributed by atoms with Crippen molar-refractivity contribution in [3.8, 4) is 0 Å². The molecular formula is C21H21FN4. The largest absolute Gasteiger partial charge is 0.325 e. The van der Waals surface area contributed by atoms with Gasteiger partial charge in [-0.1, -0.05) is 56.0 Å². The molecule has 0 atom stereocenters. The molecule has 0 unspecified atom stereocenters. The predicted octanol–water partition coefficient (Wildman–Crippen LogP) is 4.45. The zero-order valence-electron chi connectivity index (χ0n) is 14.7. The van der Waals surface area contributed by atoms with Crippen LogP contribution in [0.4, 0.5) is 4.39 Å². The number of rotatable bonds is 7. The normalized spacial score (nSPS) is 11.4. The summed E-state index contributed by atoms with van der Waals surface area (Å²) in [4.78, 5) is 4.37. The Morgan fingerprint density at radius 3 is 2.73 bits per heavy atom. The molecule has 0 spiro atoms. The van der Waals surface area contributed by atoms with E-state index in [1.807, 2.05) is 42.0 Å². The first-order valence-corrected chi connectivity index (χ1v) is 8.50. The van der Waals surface area contributed by atoms with Crippen LogP contribution in [-0.4, -0.2) is 15.3 Å². The molecule has 5 heteroatoms. The summed E-state index contributed by atoms with van der Waals surface area (Å²) in [6, 6.07) is 16.6. The van der Waals surface area contributed by atoms with Crippen molar-refractivity contribution in [3.63, 3.8) is 0 Å². The van der Waals surface area contributed by atoms with Crippen molar-refractivity contribution in [1.82, 2.24) is 15.0 Å². The van der Waals surface area contributed by atoms with Gasteiger partial charge in [-0.05, 0) is 24.1 Å². The lowest BCUT2D eigenvalue weighted by molar-refractivity contribution is 0.627. The van der Waals surface area contributed by atoms with Gasteiger partial charge in [0.25, 0.3) is 0 Å². The molecule has 26 heavy (non-hydrogen) atoms. The van der Waals surface area contributed by atoms with Crippen LogP contribution in [0.3, 0.4) is 0 Å². The molecular weight excluding hydrogens is 327 g/mol. The Kier molecular flexibility index (Phi) is 5.59. The van der Waals surface area contributed by atoms with Crippen molar-refractivity contribution in [2.45, 2.75) is 19.9 Å². The Hall–Kier alpha value is -3.21. The van der Waals surface area contributed by atoms with Crippen LogP contribution in [0.2, 0.25) is 0 Å². The maximum Gasteiger partial charge on any atom is 0.157 e. The first-order valence-electron chi connectivity index (χ1n) is 8.50. The maximum atomic E-state index is 13.4. The minimum atomic E-state index is -0.277. The second-order valence-electron chi connectivity index (χ2n) is 5.88. The highest BCUT2D eigenvalue weighted by atomic mass is 19.1. The van der Waals surface area contributed by atoms with Crippen molar-refractivity contribution in [3.05, 3.63) is 96.3 Å². The van der Waals surface area contributed by atoms with Gasteiger partial charge in [-0.2, -0.15) is 5.10 Å². The maximum absolute atomic E-state index is 13.4. The fourth-order valence-corrected chi connectivity index (χ4v) is 2.69. The Balaban J connectivity index is 1.75. The molecule has 3 rings (SSSR count). The number of nitrogens with one attached hydrogen (secondary N) is 1. The fourth-order valence-electron chi connectivity index (χ4n) is 2.69. The molecule has 0 bridgehead atoms. The molecule has 0 aliphatic heterocycles. The molecule has 0 saturated carbocycles. The van der Waals surface area contributed by atoms with Gasteiger partial charge in [-0.15, -0.1) is 0 Å². The standard InChI is InChI=1S/C21H21FN4/c1-3-20(18-10-7-11-19(22)14-18)25-24-16(2)21-23-12-13-26(21)15-17-8-5-4-6-9-17/h4-14,24H,2-3,15H2,1H3/b25-20+. The summed E-state index contributed by atoms with van der Waals surface area (Å²) in [6.45, 7) is 6.72. The third kappa shape index (κ3) is 4.25. The Morgan fingerprint density at radius 1 is 1.19 bits per heavy atom. The molecule has 2 aromatic carbocycles. The topological polar surface area (TPSA) is 42.2 Å². The van der Waals surface area contributed by atoms with Crippen molar-refractivity contribution in [2.75, 3.05) is 0 Å². The van der Waals surface area contributed by atoms with Gasteiger partial charge in [0.2, 0.25) is 0 Å². The van der Waals surface area contributed by atoms with Crippen LogP contribution in [-0.2, 0) is 6.54 Å². The molecule has 0 saturated heterocycles. The van der Waals surface area contributed by atoms with Crippen LogP contribution in [0.1, 0.15) is 30.3 Å². The van der Waals surface area contributed by atoms with E-state index in [0.29, 0.717) is 24.5 Å². The summed E-state index contributed by atoms with van der Waals surface area (Å²) in [6.07, 6.45) is 4.32. The van der Waals surface area contributed by atoms with Crippen LogP contribution in [0, 0.1) is 5.82 Å². The first-order chi connectivity index (χ1) is 12.7. The number of nitrogens with zero attached hydrogens (tertiary/aromatic N) is 3. The van der Waals surface area contributed by atoms with Crippen molar-refractivity contribution in [2.24, 2.45) is 5.10 Å². The van der Waals surface area contributed by atoms with Gasteiger partial charge in [0.1, 0.15) is 5.82 Å². The molecule has 1 aromatic heterocycles. The number of aromatic nitrogens is 2. The van der Waals surface area contributed by atoms with Crippen molar-refractivity contribution >= 4 is 11.4 Å². The molecule has 3 aromatic rings. The van der Waals surface area contributed by atoms with Gasteiger partial charge >= 0.3 is 0 Å². The highest BCUT2D eigenvalue weighted by molar-refractivity contribution is 6.00. The van der Waals surface area contributed by atoms with E-state index in [-0.39, 0.29) is 5.82 Å². The van der Waals surface area contributed by atoms with Gasteiger partial charge < -0.3 is 4.57 Å². The third-order valence-electron chi connectivity index (χ3n) is 4.00. The van der Waals surface area contributed by atoms with Gasteiger partial charge in [0.15, 0.2) is 5.82 Å². The summed E-state index contributed by atoms with van der Waals surface area (Å²) in [7, 11) is 0. The number of halogens is 1. The van der Waals surface area contributed by atoms with E-state index in [1.54, 1.807) is 12.3 Å². The number of hydrogen-bond acceptors (Lipinski definition) is 3. The second kappa shape index (κ2) is 8.25. The SMILES string of the molecule is C=C(N/N=C(\CC)c1cccc(F)c1)c1nccn1Cc1ccccc1. The summed E-state index contributed by atoms with van der Waals surface area (Å²) in [5.41, 5.74) is 6.24. The summed E-state index contributed by atoms with van der Waals surface area (Å²) >= 11 is 0. The van der Waals surface area contributed by atoms with E-state index in [1.165, 1.54) is 17.7 Å². The van der Waals surface area contributed by atoms with E-state index >= 15 is 0 Å². The van der Waals surface area contributed by atoms with E-state index in [2.05, 4.69) is 34.2 Å². The quantitative estimate of drug-likeness (QED) is 0.506. The molecule has 0 aliphatic rings. The second-order valence-corrected chi connectivity index (χ2v) is 5.88. The van der Waals surface area contributed by atoms with E-state index < -0.39 is 0 Å². The van der Waals surface area contributed by atoms with E-state index in [9.17, 15) is 4.39 Å². The lowest BCUT2D eigenvalue weighted by Crippen LogP contribution is -2.13. The van der Waals surface area contributed by atoms with E-state index in [4.69, 9.17) is 0 Å². The van der Waals surface area contributed by atoms with Crippen molar-refractivity contribution in [1.29, 1.82) is 0 Å². The third-order valence-corrected chi connectivity index (χ3v) is 4.00. The van der Waals surface area contributed by atoms with Gasteiger partial charge in [0, 0.05) is 24.5 Å². The van der Waals surface area contributed by atoms with E-state index in [0.717, 1.165) is 11.3 Å². The minimum absolute atomic E-state index is 0.277. The van der Waals surface area contributed by atoms with Crippen LogP contribution in [0.15, 0.2) is 78.7 Å². The van der Waals surface area contributed by atoms with Crippen LogP contribution in [0.5, 0.6) is 0 Å². The molecule has 132 valence electrons. The number of hydrazone groups is 1. The number of benzene rings is 2. The average Bonchev–Trinajstić information content (AvgIpc) is 3.11. The zero-order valence-corrected chi connectivity index (χ0v) is 14.7. The average molecular weight is 348 g/mol. The molecule has 1 N–H and O–H groups in total. The summed E-state index contributed by atoms with van der Waals surface area (Å²) in [5, 5.41) is 4.40. The monoisotopic (exact) mass is 348 g/mol. The Bertz CT molecular complexity index is 913. The zero-order chi connectivity index (χ0) is 18.4. The first kappa shape index (κ1) is 17.6. The summed E-state index contributed by atoms with van der Waals surface area (Å²) in [5.74, 6) is 0.438. The van der Waals surface area contributed by atoms with Crippen LogP contribution < -0.4 is 5.43 Å². The molecule has 0 aliphatic carbocycles. The fraction of sp³-hybridized carbons (Fsp3) is 0.143. The van der Waals surface area contributed by atoms with Crippen LogP contribution in [0.25, 0.3) is 5.70 Å². The highest BCUT2D eigenvalue weighted by Gasteiger charge is 2.08. The van der Waals surface area contributed by atoms with Gasteiger partial charge in [0.05, 0.1) is 11.4 Å². The lowest BCUT2D eigenvalue weighted by atomic mass is 10.1. The Labute approximate surface area is 152 Å². The molecule has 0 fully saturated rings. The lowest BCUT2D eigenvalue weighted by Gasteiger charge is -2.11. The molecule has 4 nitrogen and oxygen atoms in total. The minimum Gasteiger partial charge on any atom is -0.325 e. The van der Waals surface area contributed by atoms with Crippen LogP contribution >= 0.6 is 0 Å². The van der Waals surface area contributed by atoms with Gasteiger partial charge in [-0.25, -0.2) is 9.37 Å². The number of imidazole rings is 1.